The summed E-state index contributed by atoms with van der Waals surface area (Å²) in [6.45, 7) is 3.49. The van der Waals surface area contributed by atoms with Crippen molar-refractivity contribution in [2.75, 3.05) is 7.11 Å². The molecule has 0 bridgehead atoms. The molecule has 0 aromatic carbocycles. The van der Waals surface area contributed by atoms with Gasteiger partial charge in [-0.3, -0.25) is 9.59 Å². The van der Waals surface area contributed by atoms with Crippen LogP contribution in [0.3, 0.4) is 0 Å². The lowest BCUT2D eigenvalue weighted by atomic mass is 10.0. The molecule has 7 heteroatoms. The third kappa shape index (κ3) is 5.30. The minimum atomic E-state index is -1.21. The standard InChI is InChI=1S/C10H18N2O5/c1-5(2)8(11)9(15)12-6(4-7(13)14)10(16)17-3/h5-6,8H,4,11H2,1-3H3,(H,12,15)(H,13,14)/t6-,8-/m0/s1. The number of methoxy groups -OCH3 is 1. The lowest BCUT2D eigenvalue weighted by Gasteiger charge is -2.19. The van der Waals surface area contributed by atoms with Gasteiger partial charge in [-0.1, -0.05) is 13.8 Å². The van der Waals surface area contributed by atoms with E-state index >= 15 is 0 Å². The summed E-state index contributed by atoms with van der Waals surface area (Å²) in [5.74, 6) is -2.70. The summed E-state index contributed by atoms with van der Waals surface area (Å²) in [7, 11) is 1.12. The number of carboxylic acids is 1. The molecule has 0 saturated heterocycles. The number of carbonyl (C=O) groups excluding carboxylic acids is 2. The van der Waals surface area contributed by atoms with Crippen LogP contribution in [-0.2, 0) is 19.1 Å². The van der Waals surface area contributed by atoms with E-state index in [0.717, 1.165) is 7.11 Å². The van der Waals surface area contributed by atoms with Gasteiger partial charge in [0.1, 0.15) is 6.04 Å². The van der Waals surface area contributed by atoms with Crippen LogP contribution >= 0.6 is 0 Å². The highest BCUT2D eigenvalue weighted by Gasteiger charge is 2.27. The highest BCUT2D eigenvalue weighted by atomic mass is 16.5. The Bertz CT molecular complexity index is 303. The van der Waals surface area contributed by atoms with E-state index in [1.807, 2.05) is 0 Å². The first-order valence-corrected chi connectivity index (χ1v) is 5.15. The Labute approximate surface area is 99.3 Å². The zero-order valence-corrected chi connectivity index (χ0v) is 10.1. The summed E-state index contributed by atoms with van der Waals surface area (Å²) in [4.78, 5) is 33.3. The van der Waals surface area contributed by atoms with E-state index < -0.39 is 36.4 Å². The maximum absolute atomic E-state index is 11.6. The smallest absolute Gasteiger partial charge is 0.328 e. The van der Waals surface area contributed by atoms with Crippen molar-refractivity contribution in [3.05, 3.63) is 0 Å². The van der Waals surface area contributed by atoms with Gasteiger partial charge in [-0.25, -0.2) is 4.79 Å². The van der Waals surface area contributed by atoms with Crippen LogP contribution in [0.25, 0.3) is 0 Å². The molecule has 0 radical (unpaired) electrons. The maximum atomic E-state index is 11.6. The molecule has 0 aliphatic carbocycles. The molecule has 0 heterocycles. The number of nitrogens with two attached hydrogens (primary N) is 1. The van der Waals surface area contributed by atoms with E-state index in [1.165, 1.54) is 0 Å². The topological polar surface area (TPSA) is 119 Å². The zero-order chi connectivity index (χ0) is 13.6. The number of ether oxygens (including phenoxy) is 1. The van der Waals surface area contributed by atoms with Crippen molar-refractivity contribution >= 4 is 17.8 Å². The van der Waals surface area contributed by atoms with Crippen LogP contribution in [0.2, 0.25) is 0 Å². The third-order valence-electron chi connectivity index (χ3n) is 2.20. The first-order valence-electron chi connectivity index (χ1n) is 5.15. The lowest BCUT2D eigenvalue weighted by molar-refractivity contribution is -0.149. The first-order chi connectivity index (χ1) is 7.79. The SMILES string of the molecule is COC(=O)[C@H](CC(=O)O)NC(=O)[C@@H](N)C(C)C. The van der Waals surface area contributed by atoms with E-state index in [4.69, 9.17) is 10.8 Å². The van der Waals surface area contributed by atoms with Gasteiger partial charge in [0.25, 0.3) is 0 Å². The number of esters is 1. The first kappa shape index (κ1) is 15.4. The maximum Gasteiger partial charge on any atom is 0.328 e. The second-order valence-electron chi connectivity index (χ2n) is 3.95. The van der Waals surface area contributed by atoms with Crippen LogP contribution in [-0.4, -0.2) is 42.1 Å². The van der Waals surface area contributed by atoms with Gasteiger partial charge < -0.3 is 20.9 Å². The van der Waals surface area contributed by atoms with Crippen molar-refractivity contribution in [2.45, 2.75) is 32.4 Å². The molecule has 0 aromatic rings. The molecule has 2 atom stereocenters. The van der Waals surface area contributed by atoms with Crippen LogP contribution < -0.4 is 11.1 Å². The normalized spacial score (nSPS) is 13.9. The fourth-order valence-electron chi connectivity index (χ4n) is 1.08. The number of amides is 1. The summed E-state index contributed by atoms with van der Waals surface area (Å²) < 4.78 is 4.40. The van der Waals surface area contributed by atoms with Crippen molar-refractivity contribution in [1.82, 2.24) is 5.32 Å². The quantitative estimate of drug-likeness (QED) is 0.523. The van der Waals surface area contributed by atoms with E-state index in [2.05, 4.69) is 10.1 Å². The number of aliphatic carboxylic acids is 1. The Morgan fingerprint density at radius 3 is 2.24 bits per heavy atom. The van der Waals surface area contributed by atoms with Crippen LogP contribution in [0.5, 0.6) is 0 Å². The minimum absolute atomic E-state index is 0.113. The number of rotatable bonds is 6. The van der Waals surface area contributed by atoms with E-state index in [1.54, 1.807) is 13.8 Å². The highest BCUT2D eigenvalue weighted by Crippen LogP contribution is 2.01. The summed E-state index contributed by atoms with van der Waals surface area (Å²) in [6.07, 6.45) is -0.538. The molecule has 1 amide bonds. The van der Waals surface area contributed by atoms with E-state index in [9.17, 15) is 14.4 Å². The predicted molar refractivity (Wildman–Crippen MR) is 59.0 cm³/mol. The van der Waals surface area contributed by atoms with Gasteiger partial charge in [0, 0.05) is 0 Å². The molecule has 4 N–H and O–H groups in total. The largest absolute Gasteiger partial charge is 0.481 e. The molecule has 0 aromatic heterocycles. The van der Waals surface area contributed by atoms with Gasteiger partial charge in [0.15, 0.2) is 0 Å². The van der Waals surface area contributed by atoms with Crippen LogP contribution in [0.4, 0.5) is 0 Å². The summed E-state index contributed by atoms with van der Waals surface area (Å²) in [5, 5.41) is 10.9. The molecule has 17 heavy (non-hydrogen) atoms. The summed E-state index contributed by atoms with van der Waals surface area (Å²) in [6, 6.07) is -2.01. The highest BCUT2D eigenvalue weighted by molar-refractivity contribution is 5.89. The number of nitrogens with one attached hydrogen (secondary N) is 1. The number of carboxylic acid groups (broad SMARTS) is 1. The van der Waals surface area contributed by atoms with Crippen molar-refractivity contribution < 1.29 is 24.2 Å². The molecule has 0 saturated carbocycles. The monoisotopic (exact) mass is 246 g/mol. The second kappa shape index (κ2) is 6.85. The molecule has 0 rings (SSSR count). The Balaban J connectivity index is 4.58. The lowest BCUT2D eigenvalue weighted by Crippen LogP contribution is -2.51. The molecule has 0 unspecified atom stereocenters. The Hall–Kier alpha value is -1.63. The van der Waals surface area contributed by atoms with Crippen LogP contribution in [0.15, 0.2) is 0 Å². The Morgan fingerprint density at radius 2 is 1.88 bits per heavy atom. The van der Waals surface area contributed by atoms with Crippen molar-refractivity contribution in [3.8, 4) is 0 Å². The molecular formula is C10H18N2O5. The third-order valence-corrected chi connectivity index (χ3v) is 2.20. The number of hydrogen-bond donors (Lipinski definition) is 3. The van der Waals surface area contributed by atoms with Gasteiger partial charge in [0.2, 0.25) is 5.91 Å². The average molecular weight is 246 g/mol. The van der Waals surface area contributed by atoms with Gasteiger partial charge in [0.05, 0.1) is 19.6 Å². The summed E-state index contributed by atoms with van der Waals surface area (Å²) >= 11 is 0. The predicted octanol–water partition coefficient (Wildman–Crippen LogP) is -0.898. The Kier molecular flexibility index (Phi) is 6.19. The van der Waals surface area contributed by atoms with Crippen molar-refractivity contribution in [2.24, 2.45) is 11.7 Å². The molecule has 0 spiro atoms. The zero-order valence-electron chi connectivity index (χ0n) is 10.1. The molecular weight excluding hydrogens is 228 g/mol. The Morgan fingerprint density at radius 1 is 1.35 bits per heavy atom. The number of carbonyl (C=O) groups is 3. The fourth-order valence-corrected chi connectivity index (χ4v) is 1.08. The molecule has 0 fully saturated rings. The summed E-state index contributed by atoms with van der Waals surface area (Å²) in [5.41, 5.74) is 5.57. The van der Waals surface area contributed by atoms with Gasteiger partial charge in [-0.2, -0.15) is 0 Å². The molecule has 7 nitrogen and oxygen atoms in total. The van der Waals surface area contributed by atoms with E-state index in [0.29, 0.717) is 0 Å². The van der Waals surface area contributed by atoms with Gasteiger partial charge >= 0.3 is 11.9 Å². The van der Waals surface area contributed by atoms with Crippen molar-refractivity contribution in [3.63, 3.8) is 0 Å². The molecule has 0 aliphatic rings. The van der Waals surface area contributed by atoms with Gasteiger partial charge in [-0.15, -0.1) is 0 Å². The van der Waals surface area contributed by atoms with Gasteiger partial charge in [-0.05, 0) is 5.92 Å². The van der Waals surface area contributed by atoms with Crippen LogP contribution in [0.1, 0.15) is 20.3 Å². The molecule has 98 valence electrons. The average Bonchev–Trinajstić information content (AvgIpc) is 2.24. The number of hydrogen-bond acceptors (Lipinski definition) is 5. The van der Waals surface area contributed by atoms with E-state index in [-0.39, 0.29) is 5.92 Å². The fraction of sp³-hybridized carbons (Fsp3) is 0.700. The molecule has 0 aliphatic heterocycles. The second-order valence-corrected chi connectivity index (χ2v) is 3.95. The minimum Gasteiger partial charge on any atom is -0.481 e. The van der Waals surface area contributed by atoms with Crippen molar-refractivity contribution in [1.29, 1.82) is 0 Å². The van der Waals surface area contributed by atoms with Crippen LogP contribution in [0, 0.1) is 5.92 Å².